The Bertz CT molecular complexity index is 1350. The summed E-state index contributed by atoms with van der Waals surface area (Å²) in [4.78, 5) is 33.5. The summed E-state index contributed by atoms with van der Waals surface area (Å²) in [5, 5.41) is 10.8. The Morgan fingerprint density at radius 3 is 2.45 bits per heavy atom. The van der Waals surface area contributed by atoms with Gasteiger partial charge in [0.15, 0.2) is 0 Å². The third-order valence-corrected chi connectivity index (χ3v) is 7.41. The molecule has 3 aromatic rings. The van der Waals surface area contributed by atoms with E-state index in [1.165, 1.54) is 38.4 Å². The predicted molar refractivity (Wildman–Crippen MR) is 152 cm³/mol. The summed E-state index contributed by atoms with van der Waals surface area (Å²) < 4.78 is 62.8. The molecule has 2 N–H and O–H groups in total. The number of hydrogen-bond acceptors (Lipinski definition) is 7. The molecule has 0 aliphatic rings. The molecule has 1 amide bonds. The molecule has 8 nitrogen and oxygen atoms in total. The van der Waals surface area contributed by atoms with E-state index >= 15 is 4.39 Å². The number of anilines is 2. The molecule has 1 aromatic carbocycles. The molecule has 0 fully saturated rings. The van der Waals surface area contributed by atoms with Gasteiger partial charge in [-0.3, -0.25) is 15.1 Å². The zero-order valence-electron chi connectivity index (χ0n) is 23.6. The van der Waals surface area contributed by atoms with E-state index in [1.807, 2.05) is 0 Å². The third-order valence-electron chi connectivity index (χ3n) is 6.58. The highest BCUT2D eigenvalue weighted by atomic mass is 32.1. The van der Waals surface area contributed by atoms with Crippen LogP contribution in [0.1, 0.15) is 70.4 Å². The van der Waals surface area contributed by atoms with E-state index in [-0.39, 0.29) is 28.5 Å². The number of unbranched alkanes of at least 4 members (excludes halogenated alkanes) is 5. The number of thiazole rings is 1. The summed E-state index contributed by atoms with van der Waals surface area (Å²) in [7, 11) is 0. The van der Waals surface area contributed by atoms with Gasteiger partial charge in [0, 0.05) is 18.0 Å². The number of ether oxygens (including phenoxy) is 1. The Hall–Kier alpha value is -3.58. The Kier molecular flexibility index (Phi) is 11.4. The van der Waals surface area contributed by atoms with Crippen molar-refractivity contribution in [3.8, 4) is 11.3 Å². The maximum atomic E-state index is 15.0. The average Bonchev–Trinajstić information content (AvgIpc) is 3.31. The Morgan fingerprint density at radius 1 is 1.10 bits per heavy atom. The zero-order valence-corrected chi connectivity index (χ0v) is 24.4. The zero-order chi connectivity index (χ0) is 30.9. The van der Waals surface area contributed by atoms with Gasteiger partial charge in [0.2, 0.25) is 10.3 Å². The highest BCUT2D eigenvalue weighted by Crippen LogP contribution is 2.40. The van der Waals surface area contributed by atoms with Crippen LogP contribution < -0.4 is 10.2 Å². The SMILES string of the molecule is CCCCCCCCc1ccc(N(C(=O)OCNC(C)(C)C(=O)O)c2nc(-c3cccnc3)c(F)s2)cc1C(F)(F)F. The van der Waals surface area contributed by atoms with Gasteiger partial charge >= 0.3 is 18.2 Å². The van der Waals surface area contributed by atoms with Crippen molar-refractivity contribution >= 4 is 34.2 Å². The summed E-state index contributed by atoms with van der Waals surface area (Å²) >= 11 is 0.449. The van der Waals surface area contributed by atoms with Crippen LogP contribution in [0.5, 0.6) is 0 Å². The fourth-order valence-corrected chi connectivity index (χ4v) is 4.89. The number of hydrogen-bond donors (Lipinski definition) is 2. The topological polar surface area (TPSA) is 105 Å². The van der Waals surface area contributed by atoms with Gasteiger partial charge in [-0.15, -0.1) is 0 Å². The first kappa shape index (κ1) is 32.9. The van der Waals surface area contributed by atoms with Gasteiger partial charge in [0.25, 0.3) is 0 Å². The van der Waals surface area contributed by atoms with Crippen LogP contribution >= 0.6 is 11.3 Å². The van der Waals surface area contributed by atoms with Gasteiger partial charge in [-0.1, -0.05) is 56.4 Å². The van der Waals surface area contributed by atoms with Crippen molar-refractivity contribution in [3.63, 3.8) is 0 Å². The van der Waals surface area contributed by atoms with Crippen molar-refractivity contribution in [2.75, 3.05) is 11.6 Å². The lowest BCUT2D eigenvalue weighted by atomic mass is 9.99. The number of carbonyl (C=O) groups is 2. The molecule has 0 bridgehead atoms. The van der Waals surface area contributed by atoms with Gasteiger partial charge in [-0.05, 0) is 56.5 Å². The van der Waals surface area contributed by atoms with Crippen molar-refractivity contribution in [1.82, 2.24) is 15.3 Å². The van der Waals surface area contributed by atoms with Crippen molar-refractivity contribution in [2.45, 2.75) is 77.4 Å². The number of rotatable bonds is 14. The normalized spacial score (nSPS) is 11.9. The number of nitrogens with one attached hydrogen (secondary N) is 1. The molecule has 0 atom stereocenters. The van der Waals surface area contributed by atoms with Crippen LogP contribution in [0.25, 0.3) is 11.3 Å². The van der Waals surface area contributed by atoms with E-state index in [4.69, 9.17) is 4.74 Å². The molecule has 42 heavy (non-hydrogen) atoms. The molecule has 0 spiro atoms. The first-order chi connectivity index (χ1) is 19.8. The highest BCUT2D eigenvalue weighted by Gasteiger charge is 2.35. The monoisotopic (exact) mass is 610 g/mol. The lowest BCUT2D eigenvalue weighted by Gasteiger charge is -2.24. The Balaban J connectivity index is 1.96. The molecule has 0 saturated carbocycles. The number of halogens is 4. The van der Waals surface area contributed by atoms with Gasteiger partial charge < -0.3 is 9.84 Å². The number of carboxylic acid groups (broad SMARTS) is 1. The maximum absolute atomic E-state index is 15.0. The predicted octanol–water partition coefficient (Wildman–Crippen LogP) is 7.95. The molecule has 2 heterocycles. The minimum Gasteiger partial charge on any atom is -0.480 e. The molecule has 0 saturated heterocycles. The van der Waals surface area contributed by atoms with Crippen molar-refractivity contribution in [1.29, 1.82) is 0 Å². The number of aryl methyl sites for hydroxylation is 1. The van der Waals surface area contributed by atoms with E-state index in [0.717, 1.165) is 43.1 Å². The molecular formula is C29H34F4N4O4S. The Labute approximate surface area is 245 Å². The maximum Gasteiger partial charge on any atom is 0.422 e. The summed E-state index contributed by atoms with van der Waals surface area (Å²) in [6, 6.07) is 6.58. The minimum atomic E-state index is -4.72. The number of aromatic nitrogens is 2. The van der Waals surface area contributed by atoms with Gasteiger partial charge in [0.1, 0.15) is 18.0 Å². The fraction of sp³-hybridized carbons (Fsp3) is 0.448. The fourth-order valence-electron chi connectivity index (χ4n) is 4.06. The number of nitrogens with zero attached hydrogens (tertiary/aromatic N) is 3. The Morgan fingerprint density at radius 2 is 1.81 bits per heavy atom. The third kappa shape index (κ3) is 8.71. The molecule has 0 radical (unpaired) electrons. The number of aliphatic carboxylic acids is 1. The quantitative estimate of drug-likeness (QED) is 0.108. The first-order valence-corrected chi connectivity index (χ1v) is 14.4. The summed E-state index contributed by atoms with van der Waals surface area (Å²) in [5.41, 5.74) is -2.36. The first-order valence-electron chi connectivity index (χ1n) is 13.6. The second kappa shape index (κ2) is 14.5. The van der Waals surface area contributed by atoms with E-state index in [1.54, 1.807) is 12.1 Å². The van der Waals surface area contributed by atoms with Crippen molar-refractivity contribution in [3.05, 3.63) is 59.0 Å². The molecule has 0 unspecified atom stereocenters. The van der Waals surface area contributed by atoms with Crippen LogP contribution in [-0.2, 0) is 22.1 Å². The second-order valence-corrected chi connectivity index (χ2v) is 11.1. The van der Waals surface area contributed by atoms with Gasteiger partial charge in [-0.25, -0.2) is 14.7 Å². The second-order valence-electron chi connectivity index (χ2n) is 10.2. The van der Waals surface area contributed by atoms with Crippen molar-refractivity contribution < 1.29 is 37.0 Å². The molecule has 2 aromatic heterocycles. The van der Waals surface area contributed by atoms with Crippen LogP contribution in [0.15, 0.2) is 42.7 Å². The van der Waals surface area contributed by atoms with Crippen LogP contribution in [0.4, 0.5) is 33.2 Å². The van der Waals surface area contributed by atoms with Crippen LogP contribution in [0, 0.1) is 5.13 Å². The van der Waals surface area contributed by atoms with E-state index < -0.39 is 41.2 Å². The van der Waals surface area contributed by atoms with E-state index in [2.05, 4.69) is 22.2 Å². The molecule has 0 aliphatic carbocycles. The van der Waals surface area contributed by atoms with Gasteiger partial charge in [-0.2, -0.15) is 17.6 Å². The number of carboxylic acids is 1. The molecule has 13 heteroatoms. The summed E-state index contributed by atoms with van der Waals surface area (Å²) in [6.45, 7) is 4.19. The number of alkyl halides is 3. The van der Waals surface area contributed by atoms with Gasteiger partial charge in [0.05, 0.1) is 11.3 Å². The molecular weight excluding hydrogens is 576 g/mol. The number of amides is 1. The lowest BCUT2D eigenvalue weighted by molar-refractivity contribution is -0.144. The van der Waals surface area contributed by atoms with E-state index in [0.29, 0.717) is 23.3 Å². The lowest BCUT2D eigenvalue weighted by Crippen LogP contribution is -2.48. The molecule has 0 aliphatic heterocycles. The number of benzene rings is 1. The number of carbonyl (C=O) groups excluding carboxylic acids is 1. The number of pyridine rings is 1. The largest absolute Gasteiger partial charge is 0.480 e. The minimum absolute atomic E-state index is 0.0845. The molecule has 3 rings (SSSR count). The molecule has 228 valence electrons. The summed E-state index contributed by atoms with van der Waals surface area (Å²) in [5.74, 6) is -1.21. The summed E-state index contributed by atoms with van der Waals surface area (Å²) in [6.07, 6.45) is 2.65. The van der Waals surface area contributed by atoms with Crippen LogP contribution in [0.2, 0.25) is 0 Å². The average molecular weight is 611 g/mol. The van der Waals surface area contributed by atoms with E-state index in [9.17, 15) is 27.9 Å². The van der Waals surface area contributed by atoms with Crippen LogP contribution in [-0.4, -0.2) is 39.4 Å². The smallest absolute Gasteiger partial charge is 0.422 e. The standard InChI is InChI=1S/C29H34F4N4O4S/c1-4-5-6-7-8-9-11-19-13-14-21(16-22(19)29(31,32)33)37(27(40)41-18-35-28(2,3)25(38)39)26-36-23(24(30)42-26)20-12-10-15-34-17-20/h10,12-17,35H,4-9,11,18H2,1-3H3,(H,38,39). The highest BCUT2D eigenvalue weighted by molar-refractivity contribution is 7.14. The van der Waals surface area contributed by atoms with Crippen LogP contribution in [0.3, 0.4) is 0 Å². The van der Waals surface area contributed by atoms with Crippen molar-refractivity contribution in [2.24, 2.45) is 0 Å².